The normalized spacial score (nSPS) is 18.9. The summed E-state index contributed by atoms with van der Waals surface area (Å²) in [6.07, 6.45) is -4.79. The van der Waals surface area contributed by atoms with Crippen LogP contribution in [0.1, 0.15) is 24.8 Å². The van der Waals surface area contributed by atoms with Crippen LogP contribution in [0.2, 0.25) is 0 Å². The van der Waals surface area contributed by atoms with Crippen LogP contribution in [0.4, 0.5) is 27.8 Å². The van der Waals surface area contributed by atoms with E-state index < -0.39 is 29.5 Å². The van der Waals surface area contributed by atoms with Crippen molar-refractivity contribution in [2.24, 2.45) is 0 Å². The molecule has 0 amide bonds. The van der Waals surface area contributed by atoms with Crippen LogP contribution >= 0.6 is 0 Å². The minimum atomic E-state index is -4.58. The number of nitrogens with zero attached hydrogens (tertiary/aromatic N) is 2. The van der Waals surface area contributed by atoms with Gasteiger partial charge < -0.3 is 10.4 Å². The molecule has 4 rings (SSSR count). The molecule has 29 heavy (non-hydrogen) atoms. The monoisotopic (exact) mass is 409 g/mol. The summed E-state index contributed by atoms with van der Waals surface area (Å²) in [5.74, 6) is -2.97. The van der Waals surface area contributed by atoms with E-state index in [9.17, 15) is 27.1 Å². The predicted octanol–water partition coefficient (Wildman–Crippen LogP) is 5.62. The largest absolute Gasteiger partial charge is 0.507 e. The van der Waals surface area contributed by atoms with E-state index in [4.69, 9.17) is 0 Å². The molecular weight excluding hydrogens is 393 g/mol. The average Bonchev–Trinajstić information content (AvgIpc) is 3.00. The van der Waals surface area contributed by atoms with Crippen LogP contribution in [0.5, 0.6) is 5.75 Å². The van der Waals surface area contributed by atoms with E-state index in [0.29, 0.717) is 29.1 Å². The summed E-state index contributed by atoms with van der Waals surface area (Å²) in [4.78, 5) is 0. The Morgan fingerprint density at radius 3 is 2.38 bits per heavy atom. The van der Waals surface area contributed by atoms with Crippen molar-refractivity contribution in [3.63, 3.8) is 0 Å². The Bertz CT molecular complexity index is 1070. The van der Waals surface area contributed by atoms with Crippen molar-refractivity contribution in [2.45, 2.75) is 37.4 Å². The fraction of sp³-hybridized carbons (Fsp3) is 0.300. The number of rotatable bonds is 3. The quantitative estimate of drug-likeness (QED) is 0.551. The molecule has 0 radical (unpaired) electrons. The second-order valence-electron chi connectivity index (χ2n) is 7.11. The molecule has 1 atom stereocenters. The Morgan fingerprint density at radius 1 is 1.03 bits per heavy atom. The SMILES string of the molecule is Oc1cc(C(F)(F)F)ccc1-c1nnc(N[C@H]2CCC(F)(F)C2)c2ccccc12. The molecule has 0 spiro atoms. The van der Waals surface area contributed by atoms with Gasteiger partial charge in [0.25, 0.3) is 0 Å². The molecule has 1 saturated carbocycles. The van der Waals surface area contributed by atoms with Crippen LogP contribution in [0, 0.1) is 0 Å². The number of hydrogen-bond donors (Lipinski definition) is 2. The summed E-state index contributed by atoms with van der Waals surface area (Å²) in [5, 5.41) is 22.4. The maximum atomic E-state index is 13.5. The van der Waals surface area contributed by atoms with E-state index in [1.54, 1.807) is 24.3 Å². The second kappa shape index (κ2) is 6.82. The topological polar surface area (TPSA) is 58.0 Å². The van der Waals surface area contributed by atoms with E-state index in [-0.39, 0.29) is 24.1 Å². The van der Waals surface area contributed by atoms with Gasteiger partial charge in [-0.15, -0.1) is 10.2 Å². The predicted molar refractivity (Wildman–Crippen MR) is 97.8 cm³/mol. The van der Waals surface area contributed by atoms with Crippen LogP contribution < -0.4 is 5.32 Å². The van der Waals surface area contributed by atoms with E-state index >= 15 is 0 Å². The lowest BCUT2D eigenvalue weighted by Crippen LogP contribution is -2.20. The number of hydrogen-bond acceptors (Lipinski definition) is 4. The molecule has 2 N–H and O–H groups in total. The molecule has 0 unspecified atom stereocenters. The van der Waals surface area contributed by atoms with Crippen molar-refractivity contribution >= 4 is 16.6 Å². The zero-order valence-corrected chi connectivity index (χ0v) is 15.0. The molecule has 1 fully saturated rings. The van der Waals surface area contributed by atoms with Crippen molar-refractivity contribution in [1.29, 1.82) is 0 Å². The second-order valence-corrected chi connectivity index (χ2v) is 7.11. The standard InChI is InChI=1S/C20H16F5N3O/c21-19(22)8-7-12(10-19)26-18-14-4-2-1-3-13(14)17(27-28-18)15-6-5-11(9-16(15)29)20(23,24)25/h1-6,9,12,29H,7-8,10H2,(H,26,28)/t12-/m0/s1. The van der Waals surface area contributed by atoms with Gasteiger partial charge in [0.1, 0.15) is 11.4 Å². The molecule has 0 aliphatic heterocycles. The third kappa shape index (κ3) is 3.81. The third-order valence-electron chi connectivity index (χ3n) is 5.01. The van der Waals surface area contributed by atoms with Crippen molar-refractivity contribution in [3.8, 4) is 17.0 Å². The van der Waals surface area contributed by atoms with Gasteiger partial charge in [0, 0.05) is 35.2 Å². The summed E-state index contributed by atoms with van der Waals surface area (Å²) in [6.45, 7) is 0. The Labute approximate surface area is 162 Å². The molecule has 0 bridgehead atoms. The number of alkyl halides is 5. The lowest BCUT2D eigenvalue weighted by atomic mass is 10.0. The Morgan fingerprint density at radius 2 is 1.76 bits per heavy atom. The summed E-state index contributed by atoms with van der Waals surface area (Å²) in [7, 11) is 0. The number of fused-ring (bicyclic) bond motifs is 1. The van der Waals surface area contributed by atoms with E-state index in [1.807, 2.05) is 0 Å². The molecule has 4 nitrogen and oxygen atoms in total. The number of phenolic OH excluding ortho intramolecular Hbond substituents is 1. The van der Waals surface area contributed by atoms with Crippen molar-refractivity contribution in [1.82, 2.24) is 10.2 Å². The number of anilines is 1. The lowest BCUT2D eigenvalue weighted by molar-refractivity contribution is -0.137. The number of benzene rings is 2. The first-order valence-electron chi connectivity index (χ1n) is 8.94. The zero-order valence-electron chi connectivity index (χ0n) is 15.0. The number of halogens is 5. The van der Waals surface area contributed by atoms with Gasteiger partial charge in [0.2, 0.25) is 5.92 Å². The minimum absolute atomic E-state index is 0.0978. The molecule has 1 aliphatic rings. The number of phenols is 1. The third-order valence-corrected chi connectivity index (χ3v) is 5.01. The maximum absolute atomic E-state index is 13.5. The highest BCUT2D eigenvalue weighted by Gasteiger charge is 2.39. The molecule has 152 valence electrons. The number of aromatic hydroxyl groups is 1. The van der Waals surface area contributed by atoms with Crippen LogP contribution in [-0.4, -0.2) is 27.3 Å². The molecule has 1 heterocycles. The van der Waals surface area contributed by atoms with Crippen LogP contribution in [0.25, 0.3) is 22.0 Å². The summed E-state index contributed by atoms with van der Waals surface area (Å²) < 4.78 is 65.5. The Hall–Kier alpha value is -2.97. The van der Waals surface area contributed by atoms with Gasteiger partial charge in [-0.25, -0.2) is 8.78 Å². The summed E-state index contributed by atoms with van der Waals surface area (Å²) in [6, 6.07) is 9.02. The first kappa shape index (κ1) is 19.4. The van der Waals surface area contributed by atoms with Gasteiger partial charge in [-0.2, -0.15) is 13.2 Å². The molecule has 3 aromatic rings. The van der Waals surface area contributed by atoms with Gasteiger partial charge in [0.15, 0.2) is 5.82 Å². The van der Waals surface area contributed by atoms with Gasteiger partial charge in [-0.1, -0.05) is 24.3 Å². The molecule has 1 aliphatic carbocycles. The first-order chi connectivity index (χ1) is 13.6. The summed E-state index contributed by atoms with van der Waals surface area (Å²) in [5.41, 5.74) is -0.675. The molecule has 2 aromatic carbocycles. The zero-order chi connectivity index (χ0) is 20.8. The van der Waals surface area contributed by atoms with Crippen molar-refractivity contribution < 1.29 is 27.1 Å². The molecule has 1 aromatic heterocycles. The highest BCUT2D eigenvalue weighted by atomic mass is 19.4. The average molecular weight is 409 g/mol. The maximum Gasteiger partial charge on any atom is 0.416 e. The van der Waals surface area contributed by atoms with E-state index in [2.05, 4.69) is 15.5 Å². The van der Waals surface area contributed by atoms with Crippen LogP contribution in [0.15, 0.2) is 42.5 Å². The van der Waals surface area contributed by atoms with E-state index in [1.165, 1.54) is 0 Å². The lowest BCUT2D eigenvalue weighted by Gasteiger charge is -2.16. The first-order valence-corrected chi connectivity index (χ1v) is 8.94. The molecular formula is C20H16F5N3O. The van der Waals surface area contributed by atoms with Gasteiger partial charge in [-0.05, 0) is 24.6 Å². The summed E-state index contributed by atoms with van der Waals surface area (Å²) >= 11 is 0. The van der Waals surface area contributed by atoms with Gasteiger partial charge in [-0.3, -0.25) is 0 Å². The van der Waals surface area contributed by atoms with Crippen molar-refractivity contribution in [2.75, 3.05) is 5.32 Å². The molecule has 0 saturated heterocycles. The van der Waals surface area contributed by atoms with Crippen LogP contribution in [-0.2, 0) is 6.18 Å². The fourth-order valence-corrected chi connectivity index (χ4v) is 3.58. The Kier molecular flexibility index (Phi) is 4.55. The van der Waals surface area contributed by atoms with Gasteiger partial charge in [0.05, 0.1) is 5.56 Å². The minimum Gasteiger partial charge on any atom is -0.507 e. The Balaban J connectivity index is 1.74. The van der Waals surface area contributed by atoms with Gasteiger partial charge >= 0.3 is 6.18 Å². The number of nitrogens with one attached hydrogen (secondary N) is 1. The highest BCUT2D eigenvalue weighted by Crippen LogP contribution is 2.40. The number of aromatic nitrogens is 2. The fourth-order valence-electron chi connectivity index (χ4n) is 3.58. The smallest absolute Gasteiger partial charge is 0.416 e. The van der Waals surface area contributed by atoms with Crippen molar-refractivity contribution in [3.05, 3.63) is 48.0 Å². The van der Waals surface area contributed by atoms with Crippen LogP contribution in [0.3, 0.4) is 0 Å². The molecule has 9 heteroatoms. The highest BCUT2D eigenvalue weighted by molar-refractivity contribution is 6.00. The van der Waals surface area contributed by atoms with E-state index in [0.717, 1.165) is 12.1 Å².